The van der Waals surface area contributed by atoms with Crippen LogP contribution in [0.5, 0.6) is 5.75 Å². The molecule has 18 heavy (non-hydrogen) atoms. The lowest BCUT2D eigenvalue weighted by atomic mass is 9.90. The third-order valence-corrected chi connectivity index (χ3v) is 2.66. The monoisotopic (exact) mass is 252 g/mol. The second-order valence-corrected chi connectivity index (χ2v) is 5.51. The minimum Gasteiger partial charge on any atom is -0.487 e. The number of aliphatic hydroxyl groups excluding tert-OH is 1. The van der Waals surface area contributed by atoms with Gasteiger partial charge in [0.05, 0.1) is 6.10 Å². The second kappa shape index (κ2) is 6.59. The summed E-state index contributed by atoms with van der Waals surface area (Å²) in [6.45, 7) is 9.16. The molecule has 2 N–H and O–H groups in total. The van der Waals surface area contributed by atoms with E-state index in [4.69, 9.17) is 9.84 Å². The van der Waals surface area contributed by atoms with E-state index in [0.717, 1.165) is 24.5 Å². The molecule has 0 fully saturated rings. The summed E-state index contributed by atoms with van der Waals surface area (Å²) in [7, 11) is 0. The first-order valence-corrected chi connectivity index (χ1v) is 6.41. The Labute approximate surface area is 109 Å². The van der Waals surface area contributed by atoms with E-state index in [-0.39, 0.29) is 18.1 Å². The van der Waals surface area contributed by atoms with E-state index in [2.05, 4.69) is 24.1 Å². The van der Waals surface area contributed by atoms with Crippen molar-refractivity contribution in [2.75, 3.05) is 18.5 Å². The Hall–Kier alpha value is -1.29. The molecule has 4 nitrogen and oxygen atoms in total. The van der Waals surface area contributed by atoms with Crippen molar-refractivity contribution in [3.8, 4) is 5.75 Å². The van der Waals surface area contributed by atoms with Gasteiger partial charge < -0.3 is 15.2 Å². The Morgan fingerprint density at radius 1 is 1.44 bits per heavy atom. The molecule has 0 aromatic carbocycles. The second-order valence-electron chi connectivity index (χ2n) is 5.51. The molecule has 1 aromatic heterocycles. The molecule has 4 heteroatoms. The molecule has 0 bridgehead atoms. The van der Waals surface area contributed by atoms with Gasteiger partial charge in [-0.2, -0.15) is 0 Å². The number of aliphatic hydroxyl groups is 1. The van der Waals surface area contributed by atoms with Gasteiger partial charge in [-0.3, -0.25) is 0 Å². The number of rotatable bonds is 7. The van der Waals surface area contributed by atoms with Gasteiger partial charge in [0.1, 0.15) is 0 Å². The molecule has 0 radical (unpaired) electrons. The highest BCUT2D eigenvalue weighted by atomic mass is 16.5. The largest absolute Gasteiger partial charge is 0.487 e. The maximum Gasteiger partial charge on any atom is 0.168 e. The van der Waals surface area contributed by atoms with Crippen molar-refractivity contribution in [2.24, 2.45) is 5.41 Å². The molecule has 0 amide bonds. The zero-order valence-electron chi connectivity index (χ0n) is 11.7. The van der Waals surface area contributed by atoms with Gasteiger partial charge in [0, 0.05) is 19.3 Å². The van der Waals surface area contributed by atoms with Crippen molar-refractivity contribution < 1.29 is 9.84 Å². The summed E-state index contributed by atoms with van der Waals surface area (Å²) in [5, 5.41) is 12.3. The van der Waals surface area contributed by atoms with Crippen molar-refractivity contribution in [3.63, 3.8) is 0 Å². The first kappa shape index (κ1) is 14.8. The van der Waals surface area contributed by atoms with Crippen LogP contribution >= 0.6 is 0 Å². The molecule has 102 valence electrons. The zero-order valence-corrected chi connectivity index (χ0v) is 11.7. The Morgan fingerprint density at radius 2 is 2.17 bits per heavy atom. The van der Waals surface area contributed by atoms with Crippen molar-refractivity contribution >= 4 is 5.82 Å². The quantitative estimate of drug-likeness (QED) is 0.783. The number of pyridine rings is 1. The van der Waals surface area contributed by atoms with Crippen LogP contribution in [0.2, 0.25) is 0 Å². The van der Waals surface area contributed by atoms with Gasteiger partial charge in [0.15, 0.2) is 11.6 Å². The highest BCUT2D eigenvalue weighted by molar-refractivity contribution is 5.49. The van der Waals surface area contributed by atoms with E-state index in [1.807, 2.05) is 26.0 Å². The standard InChI is InChI=1S/C14H24N2O2/c1-11(2)18-12-6-5-8-15-13(12)16-10-14(3,4)7-9-17/h5-6,8,11,17H,7,9-10H2,1-4H3,(H,15,16). The summed E-state index contributed by atoms with van der Waals surface area (Å²) < 4.78 is 5.70. The van der Waals surface area contributed by atoms with Gasteiger partial charge in [0.2, 0.25) is 0 Å². The Kier molecular flexibility index (Phi) is 5.41. The normalized spacial score (nSPS) is 11.7. The summed E-state index contributed by atoms with van der Waals surface area (Å²) >= 11 is 0. The molecule has 0 aliphatic heterocycles. The van der Waals surface area contributed by atoms with Gasteiger partial charge in [0.25, 0.3) is 0 Å². The lowest BCUT2D eigenvalue weighted by Gasteiger charge is -2.25. The SMILES string of the molecule is CC(C)Oc1cccnc1NCC(C)(C)CCO. The Bertz CT molecular complexity index is 365. The fraction of sp³-hybridized carbons (Fsp3) is 0.643. The Morgan fingerprint density at radius 3 is 2.78 bits per heavy atom. The van der Waals surface area contributed by atoms with Crippen molar-refractivity contribution in [1.29, 1.82) is 0 Å². The molecule has 1 rings (SSSR count). The highest BCUT2D eigenvalue weighted by Crippen LogP contribution is 2.25. The van der Waals surface area contributed by atoms with E-state index >= 15 is 0 Å². The van der Waals surface area contributed by atoms with Gasteiger partial charge in [-0.05, 0) is 37.8 Å². The van der Waals surface area contributed by atoms with Crippen LogP contribution in [0.1, 0.15) is 34.1 Å². The first-order chi connectivity index (χ1) is 8.44. The van der Waals surface area contributed by atoms with Crippen molar-refractivity contribution in [2.45, 2.75) is 40.2 Å². The summed E-state index contributed by atoms with van der Waals surface area (Å²) in [6, 6.07) is 3.77. The molecule has 0 saturated heterocycles. The van der Waals surface area contributed by atoms with E-state index in [1.54, 1.807) is 6.20 Å². The van der Waals surface area contributed by atoms with E-state index < -0.39 is 0 Å². The number of aromatic nitrogens is 1. The van der Waals surface area contributed by atoms with E-state index in [9.17, 15) is 0 Å². The van der Waals surface area contributed by atoms with Crippen LogP contribution in [0.15, 0.2) is 18.3 Å². The maximum atomic E-state index is 9.00. The van der Waals surface area contributed by atoms with Gasteiger partial charge in [-0.1, -0.05) is 13.8 Å². The van der Waals surface area contributed by atoms with Gasteiger partial charge in [-0.25, -0.2) is 4.98 Å². The van der Waals surface area contributed by atoms with E-state index in [1.165, 1.54) is 0 Å². The van der Waals surface area contributed by atoms with Crippen molar-refractivity contribution in [1.82, 2.24) is 4.98 Å². The van der Waals surface area contributed by atoms with Crippen LogP contribution in [0, 0.1) is 5.41 Å². The number of hydrogen-bond acceptors (Lipinski definition) is 4. The number of anilines is 1. The van der Waals surface area contributed by atoms with Crippen molar-refractivity contribution in [3.05, 3.63) is 18.3 Å². The molecule has 1 aromatic rings. The summed E-state index contributed by atoms with van der Waals surface area (Å²) in [5.41, 5.74) is 0.0291. The molecule has 0 spiro atoms. The number of nitrogens with one attached hydrogen (secondary N) is 1. The zero-order chi connectivity index (χ0) is 13.6. The molecule has 1 heterocycles. The number of ether oxygens (including phenoxy) is 1. The molecule has 0 atom stereocenters. The minimum absolute atomic E-state index is 0.0291. The molecule has 0 aliphatic carbocycles. The third-order valence-electron chi connectivity index (χ3n) is 2.66. The van der Waals surface area contributed by atoms with Crippen LogP contribution in [0.25, 0.3) is 0 Å². The average molecular weight is 252 g/mol. The summed E-state index contributed by atoms with van der Waals surface area (Å²) in [6.07, 6.45) is 2.63. The number of nitrogens with zero attached hydrogens (tertiary/aromatic N) is 1. The minimum atomic E-state index is 0.0291. The smallest absolute Gasteiger partial charge is 0.168 e. The topological polar surface area (TPSA) is 54.4 Å². The van der Waals surface area contributed by atoms with Crippen LogP contribution < -0.4 is 10.1 Å². The lowest BCUT2D eigenvalue weighted by molar-refractivity contribution is 0.219. The van der Waals surface area contributed by atoms with Crippen LogP contribution in [0.3, 0.4) is 0 Å². The Balaban J connectivity index is 2.66. The van der Waals surface area contributed by atoms with Gasteiger partial charge in [-0.15, -0.1) is 0 Å². The van der Waals surface area contributed by atoms with Gasteiger partial charge >= 0.3 is 0 Å². The highest BCUT2D eigenvalue weighted by Gasteiger charge is 2.18. The summed E-state index contributed by atoms with van der Waals surface area (Å²) in [4.78, 5) is 4.30. The molecule has 0 unspecified atom stereocenters. The summed E-state index contributed by atoms with van der Waals surface area (Å²) in [5.74, 6) is 1.53. The van der Waals surface area contributed by atoms with Crippen LogP contribution in [-0.2, 0) is 0 Å². The molecule has 0 saturated carbocycles. The predicted molar refractivity (Wildman–Crippen MR) is 74.0 cm³/mol. The first-order valence-electron chi connectivity index (χ1n) is 6.41. The molecule has 0 aliphatic rings. The van der Waals surface area contributed by atoms with E-state index in [0.29, 0.717) is 0 Å². The molecular formula is C14H24N2O2. The molecular weight excluding hydrogens is 228 g/mol. The average Bonchev–Trinajstić information content (AvgIpc) is 2.27. The fourth-order valence-electron chi connectivity index (χ4n) is 1.59. The third kappa shape index (κ3) is 4.92. The predicted octanol–water partition coefficient (Wildman–Crippen LogP) is 2.69. The van der Waals surface area contributed by atoms with Crippen LogP contribution in [0.4, 0.5) is 5.82 Å². The lowest BCUT2D eigenvalue weighted by Crippen LogP contribution is -2.25. The maximum absolute atomic E-state index is 9.00. The number of hydrogen-bond donors (Lipinski definition) is 2. The van der Waals surface area contributed by atoms with Crippen LogP contribution in [-0.4, -0.2) is 29.3 Å². The fourth-order valence-corrected chi connectivity index (χ4v) is 1.59.